The van der Waals surface area contributed by atoms with Gasteiger partial charge in [-0.1, -0.05) is 41.6 Å². The second-order valence-electron chi connectivity index (χ2n) is 6.57. The SMILES string of the molecule is Cc1ccc(-c2nc(SCCN(O)C(N)=O)nn2-c2ccc(S(C)(=O)=O)cc2)cc1. The fourth-order valence-corrected chi connectivity index (χ4v) is 3.96. The molecule has 9 nitrogen and oxygen atoms in total. The summed E-state index contributed by atoms with van der Waals surface area (Å²) in [4.78, 5) is 15.7. The number of thioether (sulfide) groups is 1. The molecule has 0 spiro atoms. The molecule has 2 aromatic carbocycles. The van der Waals surface area contributed by atoms with Crippen molar-refractivity contribution in [2.45, 2.75) is 17.0 Å². The lowest BCUT2D eigenvalue weighted by atomic mass is 10.1. The van der Waals surface area contributed by atoms with Crippen LogP contribution in [0.4, 0.5) is 4.79 Å². The number of nitrogens with two attached hydrogens (primary N) is 1. The number of aromatic nitrogens is 3. The number of amides is 2. The molecule has 0 unspecified atom stereocenters. The van der Waals surface area contributed by atoms with E-state index in [1.165, 1.54) is 23.9 Å². The van der Waals surface area contributed by atoms with E-state index in [-0.39, 0.29) is 11.4 Å². The highest BCUT2D eigenvalue weighted by molar-refractivity contribution is 7.99. The average molecular weight is 448 g/mol. The van der Waals surface area contributed by atoms with Crippen LogP contribution in [-0.4, -0.2) is 58.0 Å². The van der Waals surface area contributed by atoms with Crippen LogP contribution in [0.25, 0.3) is 17.1 Å². The van der Waals surface area contributed by atoms with E-state index in [9.17, 15) is 18.4 Å². The molecule has 0 saturated heterocycles. The quantitative estimate of drug-likeness (QED) is 0.323. The predicted molar refractivity (Wildman–Crippen MR) is 113 cm³/mol. The van der Waals surface area contributed by atoms with Gasteiger partial charge in [-0.2, -0.15) is 0 Å². The first kappa shape index (κ1) is 21.8. The molecule has 0 bridgehead atoms. The van der Waals surface area contributed by atoms with E-state index in [0.717, 1.165) is 17.4 Å². The molecular formula is C19H21N5O4S2. The molecule has 1 heterocycles. The summed E-state index contributed by atoms with van der Waals surface area (Å²) in [5.41, 5.74) is 7.60. The van der Waals surface area contributed by atoms with Gasteiger partial charge in [0.15, 0.2) is 15.7 Å². The average Bonchev–Trinajstić information content (AvgIpc) is 3.12. The van der Waals surface area contributed by atoms with Gasteiger partial charge in [-0.25, -0.2) is 27.9 Å². The second kappa shape index (κ2) is 8.86. The van der Waals surface area contributed by atoms with Crippen LogP contribution in [0.5, 0.6) is 0 Å². The number of sulfone groups is 1. The molecule has 0 aliphatic heterocycles. The summed E-state index contributed by atoms with van der Waals surface area (Å²) in [6, 6.07) is 13.2. The molecule has 0 saturated carbocycles. The van der Waals surface area contributed by atoms with E-state index in [0.29, 0.717) is 27.5 Å². The molecular weight excluding hydrogens is 426 g/mol. The molecule has 158 valence electrons. The van der Waals surface area contributed by atoms with E-state index in [1.54, 1.807) is 16.8 Å². The second-order valence-corrected chi connectivity index (χ2v) is 9.65. The zero-order chi connectivity index (χ0) is 21.9. The highest BCUT2D eigenvalue weighted by atomic mass is 32.2. The Morgan fingerprint density at radius 1 is 1.17 bits per heavy atom. The fourth-order valence-electron chi connectivity index (χ4n) is 2.59. The maximum Gasteiger partial charge on any atom is 0.338 e. The van der Waals surface area contributed by atoms with E-state index < -0.39 is 15.9 Å². The summed E-state index contributed by atoms with van der Waals surface area (Å²) in [5, 5.41) is 14.8. The number of hydrogen-bond donors (Lipinski definition) is 2. The van der Waals surface area contributed by atoms with Crippen molar-refractivity contribution in [1.82, 2.24) is 19.8 Å². The monoisotopic (exact) mass is 447 g/mol. The molecule has 0 radical (unpaired) electrons. The minimum Gasteiger partial charge on any atom is -0.350 e. The number of aryl methyl sites for hydroxylation is 1. The van der Waals surface area contributed by atoms with Crippen LogP contribution in [-0.2, 0) is 9.84 Å². The van der Waals surface area contributed by atoms with Gasteiger partial charge in [0.05, 0.1) is 17.1 Å². The molecule has 3 N–H and O–H groups in total. The van der Waals surface area contributed by atoms with Crippen molar-refractivity contribution in [1.29, 1.82) is 0 Å². The number of rotatable bonds is 7. The molecule has 0 fully saturated rings. The van der Waals surface area contributed by atoms with Gasteiger partial charge in [0.1, 0.15) is 0 Å². The number of hydrogen-bond acceptors (Lipinski definition) is 7. The van der Waals surface area contributed by atoms with Gasteiger partial charge < -0.3 is 5.73 Å². The summed E-state index contributed by atoms with van der Waals surface area (Å²) >= 11 is 1.25. The van der Waals surface area contributed by atoms with Crippen LogP contribution in [0.1, 0.15) is 5.56 Å². The fraction of sp³-hybridized carbons (Fsp3) is 0.211. The van der Waals surface area contributed by atoms with Gasteiger partial charge >= 0.3 is 6.03 Å². The molecule has 0 aliphatic carbocycles. The maximum atomic E-state index is 11.7. The zero-order valence-corrected chi connectivity index (χ0v) is 18.0. The minimum atomic E-state index is -3.31. The highest BCUT2D eigenvalue weighted by Gasteiger charge is 2.16. The number of carbonyl (C=O) groups is 1. The molecule has 0 atom stereocenters. The topological polar surface area (TPSA) is 131 Å². The Balaban J connectivity index is 1.94. The Morgan fingerprint density at radius 3 is 2.37 bits per heavy atom. The highest BCUT2D eigenvalue weighted by Crippen LogP contribution is 2.26. The van der Waals surface area contributed by atoms with Crippen LogP contribution >= 0.6 is 11.8 Å². The Labute approximate surface area is 178 Å². The molecule has 30 heavy (non-hydrogen) atoms. The third-order valence-corrected chi connectivity index (χ3v) is 6.14. The van der Waals surface area contributed by atoms with Gasteiger partial charge in [-0.15, -0.1) is 5.10 Å². The van der Waals surface area contributed by atoms with E-state index in [2.05, 4.69) is 10.1 Å². The first-order chi connectivity index (χ1) is 14.1. The van der Waals surface area contributed by atoms with E-state index in [4.69, 9.17) is 5.73 Å². The van der Waals surface area contributed by atoms with E-state index >= 15 is 0 Å². The lowest BCUT2D eigenvalue weighted by molar-refractivity contribution is -0.0335. The maximum absolute atomic E-state index is 11.7. The molecule has 11 heteroatoms. The summed E-state index contributed by atoms with van der Waals surface area (Å²) in [6.07, 6.45) is 1.15. The van der Waals surface area contributed by atoms with Crippen LogP contribution in [0.2, 0.25) is 0 Å². The van der Waals surface area contributed by atoms with Gasteiger partial charge in [0.25, 0.3) is 0 Å². The summed E-state index contributed by atoms with van der Waals surface area (Å²) in [5.74, 6) is 0.921. The number of benzene rings is 2. The van der Waals surface area contributed by atoms with Crippen molar-refractivity contribution in [2.75, 3.05) is 18.6 Å². The molecule has 2 amide bonds. The molecule has 1 aromatic heterocycles. The lowest BCUT2D eigenvalue weighted by Gasteiger charge is -2.09. The summed E-state index contributed by atoms with van der Waals surface area (Å²) in [6.45, 7) is 2.01. The third-order valence-electron chi connectivity index (χ3n) is 4.20. The number of primary amides is 1. The number of carbonyl (C=O) groups excluding carboxylic acids is 1. The van der Waals surface area contributed by atoms with E-state index in [1.807, 2.05) is 31.2 Å². The number of hydroxylamine groups is 2. The predicted octanol–water partition coefficient (Wildman–Crippen LogP) is 2.51. The van der Waals surface area contributed by atoms with Crippen LogP contribution in [0, 0.1) is 6.92 Å². The first-order valence-electron chi connectivity index (χ1n) is 8.88. The summed E-state index contributed by atoms with van der Waals surface area (Å²) in [7, 11) is -3.31. The van der Waals surface area contributed by atoms with Crippen LogP contribution in [0.15, 0.2) is 58.6 Å². The normalized spacial score (nSPS) is 11.4. The standard InChI is InChI=1S/C19H21N5O4S2/c1-13-3-5-14(6-4-13)17-21-19(29-12-11-23(26)18(20)25)22-24(17)15-7-9-16(10-8-15)30(2,27)28/h3-10,26H,11-12H2,1-2H3,(H2,20,25). The Morgan fingerprint density at radius 2 is 1.80 bits per heavy atom. The van der Waals surface area contributed by atoms with Crippen molar-refractivity contribution in [3.8, 4) is 17.1 Å². The van der Waals surface area contributed by atoms with Gasteiger partial charge in [0, 0.05) is 17.6 Å². The molecule has 3 rings (SSSR count). The van der Waals surface area contributed by atoms with Crippen molar-refractivity contribution >= 4 is 27.6 Å². The summed E-state index contributed by atoms with van der Waals surface area (Å²) < 4.78 is 25.1. The van der Waals surface area contributed by atoms with Gasteiger partial charge in [-0.3, -0.25) is 5.21 Å². The third kappa shape index (κ3) is 5.17. The number of nitrogens with zero attached hydrogens (tertiary/aromatic N) is 4. The van der Waals surface area contributed by atoms with Crippen LogP contribution < -0.4 is 5.73 Å². The minimum absolute atomic E-state index is 0.0253. The Kier molecular flexibility index (Phi) is 6.44. The lowest BCUT2D eigenvalue weighted by Crippen LogP contribution is -2.34. The largest absolute Gasteiger partial charge is 0.350 e. The van der Waals surface area contributed by atoms with Crippen molar-refractivity contribution < 1.29 is 18.4 Å². The van der Waals surface area contributed by atoms with Gasteiger partial charge in [-0.05, 0) is 31.2 Å². The smallest absolute Gasteiger partial charge is 0.338 e. The number of urea groups is 1. The van der Waals surface area contributed by atoms with Crippen molar-refractivity contribution in [3.63, 3.8) is 0 Å². The zero-order valence-electron chi connectivity index (χ0n) is 16.4. The Bertz CT molecular complexity index is 1140. The Hall–Kier alpha value is -2.89. The molecule has 3 aromatic rings. The van der Waals surface area contributed by atoms with Crippen LogP contribution in [0.3, 0.4) is 0 Å². The first-order valence-corrected chi connectivity index (χ1v) is 11.8. The van der Waals surface area contributed by atoms with Gasteiger partial charge in [0.2, 0.25) is 5.16 Å². The van der Waals surface area contributed by atoms with Crippen molar-refractivity contribution in [2.24, 2.45) is 5.73 Å². The molecule has 0 aliphatic rings. The van der Waals surface area contributed by atoms with Crippen molar-refractivity contribution in [3.05, 3.63) is 54.1 Å².